The molecule has 3 aromatic rings. The van der Waals surface area contributed by atoms with Crippen LogP contribution in [0.15, 0.2) is 59.4 Å². The summed E-state index contributed by atoms with van der Waals surface area (Å²) >= 11 is 0. The highest BCUT2D eigenvalue weighted by molar-refractivity contribution is 5.81. The summed E-state index contributed by atoms with van der Waals surface area (Å²) in [5, 5.41) is 18.9. The molecule has 7 heteroatoms. The van der Waals surface area contributed by atoms with E-state index in [1.807, 2.05) is 54.6 Å². The molecule has 0 saturated carbocycles. The van der Waals surface area contributed by atoms with E-state index in [1.165, 1.54) is 7.11 Å². The highest BCUT2D eigenvalue weighted by Crippen LogP contribution is 2.35. The first-order valence-electron chi connectivity index (χ1n) is 8.97. The van der Waals surface area contributed by atoms with Gasteiger partial charge in [-0.3, -0.25) is 4.79 Å². The topological polar surface area (TPSA) is 125 Å². The van der Waals surface area contributed by atoms with Crippen molar-refractivity contribution in [3.63, 3.8) is 0 Å². The number of pyridine rings is 1. The molecule has 0 spiro atoms. The van der Waals surface area contributed by atoms with Crippen LogP contribution in [0.1, 0.15) is 16.7 Å². The second-order valence-electron chi connectivity index (χ2n) is 6.21. The number of hydrogen-bond acceptors (Lipinski definition) is 6. The molecule has 3 rings (SSSR count). The van der Waals surface area contributed by atoms with Gasteiger partial charge < -0.3 is 20.2 Å². The fourth-order valence-electron chi connectivity index (χ4n) is 2.96. The Balaban J connectivity index is 1.92. The molecular formula is C23H18N4O3. The number of nitrogen functional groups attached to an aromatic ring is 1. The minimum Gasteiger partial charge on any atom is -0.493 e. The van der Waals surface area contributed by atoms with Crippen LogP contribution in [0.25, 0.3) is 17.2 Å². The highest BCUT2D eigenvalue weighted by atomic mass is 16.5. The number of rotatable bonds is 6. The fraction of sp³-hybridized carbons (Fsp3) is 0.0870. The third kappa shape index (κ3) is 4.16. The number of anilines is 1. The second-order valence-corrected chi connectivity index (χ2v) is 6.21. The van der Waals surface area contributed by atoms with Crippen LogP contribution in [-0.2, 0) is 0 Å². The summed E-state index contributed by atoms with van der Waals surface area (Å²) in [6.07, 6.45) is 3.82. The van der Waals surface area contributed by atoms with Crippen molar-refractivity contribution in [2.45, 2.75) is 0 Å². The number of aromatic amines is 1. The quantitative estimate of drug-likeness (QED) is 0.655. The average Bonchev–Trinajstić information content (AvgIpc) is 2.77. The molecule has 1 heterocycles. The van der Waals surface area contributed by atoms with Crippen molar-refractivity contribution in [2.24, 2.45) is 0 Å². The number of methoxy groups -OCH3 is 1. The lowest BCUT2D eigenvalue weighted by Crippen LogP contribution is -2.16. The zero-order valence-electron chi connectivity index (χ0n) is 16.2. The van der Waals surface area contributed by atoms with Gasteiger partial charge in [0.1, 0.15) is 35.7 Å². The number of nitrogens with one attached hydrogen (secondary N) is 1. The van der Waals surface area contributed by atoms with Gasteiger partial charge in [0.05, 0.1) is 7.11 Å². The van der Waals surface area contributed by atoms with Gasteiger partial charge in [-0.05, 0) is 29.3 Å². The van der Waals surface area contributed by atoms with Gasteiger partial charge in [0.15, 0.2) is 11.5 Å². The molecule has 0 aliphatic heterocycles. The Morgan fingerprint density at radius 3 is 2.47 bits per heavy atom. The molecule has 2 aromatic carbocycles. The minimum atomic E-state index is -0.658. The molecule has 0 unspecified atom stereocenters. The fourth-order valence-corrected chi connectivity index (χ4v) is 2.96. The van der Waals surface area contributed by atoms with Crippen LogP contribution < -0.4 is 20.8 Å². The average molecular weight is 398 g/mol. The van der Waals surface area contributed by atoms with E-state index in [0.29, 0.717) is 23.7 Å². The van der Waals surface area contributed by atoms with Crippen molar-refractivity contribution >= 4 is 11.9 Å². The Morgan fingerprint density at radius 1 is 1.07 bits per heavy atom. The van der Waals surface area contributed by atoms with Crippen molar-refractivity contribution in [2.75, 3.05) is 19.5 Å². The molecule has 3 N–H and O–H groups in total. The zero-order valence-corrected chi connectivity index (χ0v) is 16.2. The van der Waals surface area contributed by atoms with Crippen molar-refractivity contribution in [1.82, 2.24) is 4.98 Å². The van der Waals surface area contributed by atoms with Crippen molar-refractivity contribution < 1.29 is 9.47 Å². The molecule has 0 bridgehead atoms. The Labute approximate surface area is 173 Å². The second kappa shape index (κ2) is 9.13. The summed E-state index contributed by atoms with van der Waals surface area (Å²) in [5.41, 5.74) is 6.61. The molecule has 0 fully saturated rings. The summed E-state index contributed by atoms with van der Waals surface area (Å²) in [4.78, 5) is 14.4. The van der Waals surface area contributed by atoms with E-state index in [0.717, 1.165) is 5.56 Å². The van der Waals surface area contributed by atoms with Crippen LogP contribution >= 0.6 is 0 Å². The maximum atomic E-state index is 12.1. The monoisotopic (exact) mass is 398 g/mol. The van der Waals surface area contributed by atoms with E-state index in [1.54, 1.807) is 18.2 Å². The van der Waals surface area contributed by atoms with Crippen molar-refractivity contribution in [3.8, 4) is 34.8 Å². The van der Waals surface area contributed by atoms with Gasteiger partial charge in [-0.25, -0.2) is 0 Å². The number of ether oxygens (including phenoxy) is 2. The first-order chi connectivity index (χ1) is 14.6. The van der Waals surface area contributed by atoms with E-state index in [9.17, 15) is 15.3 Å². The van der Waals surface area contributed by atoms with Crippen LogP contribution in [0.4, 0.5) is 5.82 Å². The van der Waals surface area contributed by atoms with Gasteiger partial charge >= 0.3 is 0 Å². The van der Waals surface area contributed by atoms with E-state index >= 15 is 0 Å². The predicted octanol–water partition coefficient (Wildman–Crippen LogP) is 3.47. The van der Waals surface area contributed by atoms with E-state index < -0.39 is 5.56 Å². The molecule has 0 amide bonds. The molecular weight excluding hydrogens is 380 g/mol. The smallest absolute Gasteiger partial charge is 0.268 e. The van der Waals surface area contributed by atoms with Crippen LogP contribution in [0.3, 0.4) is 0 Å². The Hall–Kier alpha value is -4.49. The third-order valence-electron chi connectivity index (χ3n) is 4.37. The van der Waals surface area contributed by atoms with Gasteiger partial charge in [-0.15, -0.1) is 0 Å². The molecule has 0 atom stereocenters. The summed E-state index contributed by atoms with van der Waals surface area (Å²) in [5.74, 6) is 0.780. The van der Waals surface area contributed by atoms with Gasteiger partial charge in [0.25, 0.3) is 5.56 Å². The van der Waals surface area contributed by atoms with Gasteiger partial charge in [-0.2, -0.15) is 10.5 Å². The zero-order chi connectivity index (χ0) is 21.5. The number of H-pyrrole nitrogens is 1. The largest absolute Gasteiger partial charge is 0.493 e. The van der Waals surface area contributed by atoms with Crippen LogP contribution in [-0.4, -0.2) is 18.7 Å². The number of hydrogen-bond donors (Lipinski definition) is 2. The first kappa shape index (κ1) is 20.2. The lowest BCUT2D eigenvalue weighted by Gasteiger charge is -2.13. The molecule has 0 aliphatic rings. The summed E-state index contributed by atoms with van der Waals surface area (Å²) < 4.78 is 11.2. The number of nitrogens with zero attached hydrogens (tertiary/aromatic N) is 2. The summed E-state index contributed by atoms with van der Waals surface area (Å²) in [6.45, 7) is 0.315. The van der Waals surface area contributed by atoms with Crippen molar-refractivity contribution in [3.05, 3.63) is 81.7 Å². The summed E-state index contributed by atoms with van der Waals surface area (Å²) in [6, 6.07) is 18.5. The number of aromatic nitrogens is 1. The number of nitrogens with two attached hydrogens (primary N) is 1. The van der Waals surface area contributed by atoms with E-state index in [2.05, 4.69) is 4.98 Å². The van der Waals surface area contributed by atoms with E-state index in [4.69, 9.17) is 15.2 Å². The molecule has 0 radical (unpaired) electrons. The number of benzene rings is 2. The first-order valence-corrected chi connectivity index (χ1v) is 8.97. The third-order valence-corrected chi connectivity index (χ3v) is 4.37. The molecule has 7 nitrogen and oxygen atoms in total. The highest BCUT2D eigenvalue weighted by Gasteiger charge is 2.19. The van der Waals surface area contributed by atoms with Gasteiger partial charge in [0.2, 0.25) is 0 Å². The molecule has 0 aliphatic carbocycles. The van der Waals surface area contributed by atoms with E-state index in [-0.39, 0.29) is 22.5 Å². The molecule has 30 heavy (non-hydrogen) atoms. The summed E-state index contributed by atoms with van der Waals surface area (Å²) in [7, 11) is 1.48. The normalized spacial score (nSPS) is 10.4. The molecule has 0 saturated heterocycles. The SMILES string of the molecule is COc1cc(-c2c(C#N)c(N)[nH]c(=O)c2C#N)ccc1OCC=Cc1ccccc1. The van der Waals surface area contributed by atoms with Gasteiger partial charge in [0, 0.05) is 5.56 Å². The standard InChI is InChI=1S/C23H18N4O3/c1-29-20-12-16(21-17(13-24)22(26)27-23(28)18(21)14-25)9-10-19(20)30-11-5-8-15-6-3-2-4-7-15/h2-10,12H,11H2,1H3,(H3,26,27,28). The molecule has 148 valence electrons. The molecule has 1 aromatic heterocycles. The van der Waals surface area contributed by atoms with Crippen LogP contribution in [0.2, 0.25) is 0 Å². The van der Waals surface area contributed by atoms with Crippen LogP contribution in [0.5, 0.6) is 11.5 Å². The van der Waals surface area contributed by atoms with Crippen LogP contribution in [0, 0.1) is 22.7 Å². The predicted molar refractivity (Wildman–Crippen MR) is 114 cm³/mol. The Bertz CT molecular complexity index is 1230. The lowest BCUT2D eigenvalue weighted by molar-refractivity contribution is 0.327. The maximum Gasteiger partial charge on any atom is 0.268 e. The Morgan fingerprint density at radius 2 is 1.80 bits per heavy atom. The Kier molecular flexibility index (Phi) is 6.17. The number of nitriles is 2. The van der Waals surface area contributed by atoms with Crippen molar-refractivity contribution in [1.29, 1.82) is 10.5 Å². The minimum absolute atomic E-state index is 0.0210. The lowest BCUT2D eigenvalue weighted by atomic mass is 9.96. The maximum absolute atomic E-state index is 12.1. The van der Waals surface area contributed by atoms with Gasteiger partial charge in [-0.1, -0.05) is 42.5 Å².